The molecule has 0 aromatic heterocycles. The Morgan fingerprint density at radius 1 is 0.788 bits per heavy atom. The van der Waals surface area contributed by atoms with Gasteiger partial charge in [-0.05, 0) is 61.4 Å². The summed E-state index contributed by atoms with van der Waals surface area (Å²) >= 11 is 0. The number of carbonyl (C=O) groups excluding carboxylic acids is 1. The van der Waals surface area contributed by atoms with Gasteiger partial charge in [-0.25, -0.2) is 4.79 Å². The zero-order valence-electron chi connectivity index (χ0n) is 21.3. The summed E-state index contributed by atoms with van der Waals surface area (Å²) in [4.78, 5) is 12.9. The van der Waals surface area contributed by atoms with Crippen LogP contribution in [0.25, 0.3) is 0 Å². The first-order chi connectivity index (χ1) is 16.1. The summed E-state index contributed by atoms with van der Waals surface area (Å²) in [5.41, 5.74) is 2.81. The van der Waals surface area contributed by atoms with Crippen molar-refractivity contribution in [1.29, 1.82) is 0 Å². The zero-order valence-corrected chi connectivity index (χ0v) is 21.3. The number of para-hydroxylation sites is 1. The fourth-order valence-corrected chi connectivity index (χ4v) is 4.33. The lowest BCUT2D eigenvalue weighted by atomic mass is 9.88. The van der Waals surface area contributed by atoms with Crippen LogP contribution in [0.3, 0.4) is 0 Å². The molecule has 0 saturated heterocycles. The van der Waals surface area contributed by atoms with E-state index in [0.717, 1.165) is 37.9 Å². The first kappa shape index (κ1) is 27.1. The van der Waals surface area contributed by atoms with Gasteiger partial charge < -0.3 is 9.47 Å². The Kier molecular flexibility index (Phi) is 12.9. The van der Waals surface area contributed by atoms with Crippen LogP contribution >= 0.6 is 0 Å². The van der Waals surface area contributed by atoms with Crippen LogP contribution < -0.4 is 4.74 Å². The molecule has 182 valence electrons. The minimum Gasteiger partial charge on any atom is -0.423 e. The Balaban J connectivity index is 2.03. The first-order valence-corrected chi connectivity index (χ1v) is 13.1. The lowest BCUT2D eigenvalue weighted by molar-refractivity contribution is 0.0660. The topological polar surface area (TPSA) is 35.5 Å². The molecule has 0 amide bonds. The third kappa shape index (κ3) is 9.33. The molecule has 2 rings (SSSR count). The van der Waals surface area contributed by atoms with Gasteiger partial charge in [-0.3, -0.25) is 0 Å². The van der Waals surface area contributed by atoms with Gasteiger partial charge in [0.25, 0.3) is 0 Å². The molecule has 0 aliphatic heterocycles. The number of hydrogen-bond donors (Lipinski definition) is 0. The molecule has 0 aliphatic carbocycles. The average molecular weight is 453 g/mol. The van der Waals surface area contributed by atoms with Crippen molar-refractivity contribution >= 4 is 5.97 Å². The molecule has 2 atom stereocenters. The van der Waals surface area contributed by atoms with Gasteiger partial charge in [0.1, 0.15) is 5.75 Å². The van der Waals surface area contributed by atoms with E-state index in [4.69, 9.17) is 9.47 Å². The van der Waals surface area contributed by atoms with E-state index in [2.05, 4.69) is 32.9 Å². The van der Waals surface area contributed by atoms with Crippen LogP contribution in [0.15, 0.2) is 48.5 Å². The fraction of sp³-hybridized carbons (Fsp3) is 0.567. The van der Waals surface area contributed by atoms with E-state index in [-0.39, 0.29) is 12.1 Å². The minimum atomic E-state index is -0.300. The molecule has 0 aliphatic rings. The maximum absolute atomic E-state index is 12.9. The van der Waals surface area contributed by atoms with Crippen molar-refractivity contribution in [1.82, 2.24) is 0 Å². The second-order valence-electron chi connectivity index (χ2n) is 9.10. The molecule has 2 aromatic rings. The van der Waals surface area contributed by atoms with Crippen LogP contribution in [0.5, 0.6) is 5.75 Å². The first-order valence-electron chi connectivity index (χ1n) is 13.1. The van der Waals surface area contributed by atoms with E-state index < -0.39 is 0 Å². The predicted molar refractivity (Wildman–Crippen MR) is 138 cm³/mol. The maximum atomic E-state index is 12.9. The molecule has 2 unspecified atom stereocenters. The van der Waals surface area contributed by atoms with E-state index in [1.807, 2.05) is 43.3 Å². The summed E-state index contributed by atoms with van der Waals surface area (Å²) in [5, 5.41) is 0. The van der Waals surface area contributed by atoms with Crippen LogP contribution in [0, 0.1) is 0 Å². The number of benzene rings is 2. The van der Waals surface area contributed by atoms with Gasteiger partial charge >= 0.3 is 5.97 Å². The van der Waals surface area contributed by atoms with Gasteiger partial charge in [0.15, 0.2) is 0 Å². The highest BCUT2D eigenvalue weighted by molar-refractivity contribution is 5.91. The van der Waals surface area contributed by atoms with Crippen molar-refractivity contribution in [2.45, 2.75) is 104 Å². The van der Waals surface area contributed by atoms with Crippen molar-refractivity contribution < 1.29 is 14.3 Å². The monoisotopic (exact) mass is 452 g/mol. The quantitative estimate of drug-likeness (QED) is 0.145. The molecular formula is C30H44O3. The highest BCUT2D eigenvalue weighted by Gasteiger charge is 2.18. The van der Waals surface area contributed by atoms with Gasteiger partial charge in [0.05, 0.1) is 11.7 Å². The maximum Gasteiger partial charge on any atom is 0.343 e. The van der Waals surface area contributed by atoms with E-state index >= 15 is 0 Å². The number of carbonyl (C=O) groups is 1. The Bertz CT molecular complexity index is 796. The van der Waals surface area contributed by atoms with Crippen LogP contribution in [0.1, 0.15) is 125 Å². The van der Waals surface area contributed by atoms with Gasteiger partial charge in [0.2, 0.25) is 0 Å². The summed E-state index contributed by atoms with van der Waals surface area (Å²) in [7, 11) is 0. The average Bonchev–Trinajstić information content (AvgIpc) is 2.84. The summed E-state index contributed by atoms with van der Waals surface area (Å²) in [6, 6.07) is 15.7. The van der Waals surface area contributed by atoms with E-state index in [1.165, 1.54) is 44.1 Å². The third-order valence-electron chi connectivity index (χ3n) is 6.29. The second-order valence-corrected chi connectivity index (χ2v) is 9.10. The SMILES string of the molecule is CCCCCCCCC(CCC)c1ccccc1OC(=O)c1ccc(C(C)OCCC)cc1. The molecule has 0 fully saturated rings. The number of hydrogen-bond acceptors (Lipinski definition) is 3. The van der Waals surface area contributed by atoms with Crippen LogP contribution in [-0.4, -0.2) is 12.6 Å². The molecular weight excluding hydrogens is 408 g/mol. The van der Waals surface area contributed by atoms with Gasteiger partial charge in [0, 0.05) is 6.61 Å². The third-order valence-corrected chi connectivity index (χ3v) is 6.29. The fourth-order valence-electron chi connectivity index (χ4n) is 4.33. The number of ether oxygens (including phenoxy) is 2. The van der Waals surface area contributed by atoms with Crippen LogP contribution in [0.4, 0.5) is 0 Å². The Hall–Kier alpha value is -2.13. The molecule has 0 heterocycles. The number of esters is 1. The summed E-state index contributed by atoms with van der Waals surface area (Å²) in [6.07, 6.45) is 12.2. The van der Waals surface area contributed by atoms with Gasteiger partial charge in [-0.2, -0.15) is 0 Å². The van der Waals surface area contributed by atoms with E-state index in [1.54, 1.807) is 0 Å². The van der Waals surface area contributed by atoms with E-state index in [9.17, 15) is 4.79 Å². The molecule has 0 saturated carbocycles. The molecule has 3 heteroatoms. The van der Waals surface area contributed by atoms with Gasteiger partial charge in [-0.1, -0.05) is 96.0 Å². The van der Waals surface area contributed by atoms with Gasteiger partial charge in [-0.15, -0.1) is 0 Å². The van der Waals surface area contributed by atoms with Crippen LogP contribution in [0.2, 0.25) is 0 Å². The standard InChI is InChI=1S/C30H44O3/c1-5-8-9-10-11-12-16-26(15-6-2)28-17-13-14-18-29(28)33-30(31)27-21-19-25(20-22-27)24(4)32-23-7-3/h13-14,17-22,24,26H,5-12,15-16,23H2,1-4H3. The van der Waals surface area contributed by atoms with Crippen molar-refractivity contribution in [2.75, 3.05) is 6.61 Å². The Morgan fingerprint density at radius 2 is 1.48 bits per heavy atom. The Morgan fingerprint density at radius 3 is 2.18 bits per heavy atom. The van der Waals surface area contributed by atoms with Crippen molar-refractivity contribution in [3.63, 3.8) is 0 Å². The molecule has 0 radical (unpaired) electrons. The second kappa shape index (κ2) is 15.7. The van der Waals surface area contributed by atoms with Crippen molar-refractivity contribution in [2.24, 2.45) is 0 Å². The van der Waals surface area contributed by atoms with Crippen LogP contribution in [-0.2, 0) is 4.74 Å². The highest BCUT2D eigenvalue weighted by Crippen LogP contribution is 2.34. The molecule has 0 N–H and O–H groups in total. The zero-order chi connectivity index (χ0) is 23.9. The number of unbranched alkanes of at least 4 members (excludes halogenated alkanes) is 5. The predicted octanol–water partition coefficient (Wildman–Crippen LogP) is 9.03. The largest absolute Gasteiger partial charge is 0.423 e. The summed E-state index contributed by atoms with van der Waals surface area (Å²) in [6.45, 7) is 9.36. The minimum absolute atomic E-state index is 0.0209. The smallest absolute Gasteiger partial charge is 0.343 e. The Labute approximate surface area is 201 Å². The summed E-state index contributed by atoms with van der Waals surface area (Å²) < 4.78 is 11.7. The normalized spacial score (nSPS) is 13.0. The molecule has 0 bridgehead atoms. The molecule has 3 nitrogen and oxygen atoms in total. The molecule has 33 heavy (non-hydrogen) atoms. The molecule has 2 aromatic carbocycles. The van der Waals surface area contributed by atoms with E-state index in [0.29, 0.717) is 17.2 Å². The highest BCUT2D eigenvalue weighted by atomic mass is 16.5. The summed E-state index contributed by atoms with van der Waals surface area (Å²) in [5.74, 6) is 0.839. The lowest BCUT2D eigenvalue weighted by Gasteiger charge is -2.20. The van der Waals surface area contributed by atoms with Crippen molar-refractivity contribution in [3.8, 4) is 5.75 Å². The van der Waals surface area contributed by atoms with Crippen molar-refractivity contribution in [3.05, 3.63) is 65.2 Å². The number of rotatable bonds is 16. The molecule has 0 spiro atoms. The lowest BCUT2D eigenvalue weighted by Crippen LogP contribution is -2.12.